The molecule has 0 spiro atoms. The van der Waals surface area contributed by atoms with E-state index in [9.17, 15) is 9.59 Å². The molecule has 0 unspecified atom stereocenters. The number of benzene rings is 1. The Balaban J connectivity index is 2.46. The fraction of sp³-hybridized carbons (Fsp3) is 0.529. The van der Waals surface area contributed by atoms with Crippen LogP contribution in [0.4, 0.5) is 4.79 Å². The highest BCUT2D eigenvalue weighted by Gasteiger charge is 2.49. The first-order valence-electron chi connectivity index (χ1n) is 7.48. The Morgan fingerprint density at radius 1 is 1.36 bits per heavy atom. The molecule has 3 atom stereocenters. The number of carbonyl (C=O) groups excluding carboxylic acids is 2. The third-order valence-corrected chi connectivity index (χ3v) is 4.20. The fourth-order valence-corrected chi connectivity index (χ4v) is 3.16. The first kappa shape index (κ1) is 16.3. The Bertz CT molecular complexity index is 543. The number of nitrogens with one attached hydrogen (secondary N) is 1. The topological polar surface area (TPSA) is 64.6 Å². The normalized spacial score (nSPS) is 28.0. The van der Waals surface area contributed by atoms with Crippen LogP contribution in [0.3, 0.4) is 0 Å². The van der Waals surface area contributed by atoms with E-state index in [1.54, 1.807) is 0 Å². The molecule has 1 aliphatic rings. The zero-order valence-corrected chi connectivity index (χ0v) is 13.5. The van der Waals surface area contributed by atoms with Crippen LogP contribution < -0.4 is 5.32 Å². The first-order valence-corrected chi connectivity index (χ1v) is 7.48. The maximum atomic E-state index is 12.0. The van der Waals surface area contributed by atoms with E-state index in [4.69, 9.17) is 9.47 Å². The van der Waals surface area contributed by atoms with Crippen LogP contribution in [0.15, 0.2) is 30.3 Å². The highest BCUT2D eigenvalue weighted by Crippen LogP contribution is 2.41. The highest BCUT2D eigenvalue weighted by atomic mass is 16.6. The molecule has 1 fully saturated rings. The number of carbonyl (C=O) groups is 2. The summed E-state index contributed by atoms with van der Waals surface area (Å²) in [7, 11) is 1.35. The minimum absolute atomic E-state index is 0.0986. The molecule has 0 radical (unpaired) electrons. The van der Waals surface area contributed by atoms with Crippen LogP contribution >= 0.6 is 0 Å². The molecule has 0 aromatic heterocycles. The minimum Gasteiger partial charge on any atom is -0.469 e. The van der Waals surface area contributed by atoms with Gasteiger partial charge in [0.15, 0.2) is 0 Å². The first-order chi connectivity index (χ1) is 10.4. The second-order valence-corrected chi connectivity index (χ2v) is 6.30. The van der Waals surface area contributed by atoms with Crippen molar-refractivity contribution in [1.29, 1.82) is 0 Å². The molecule has 1 N–H and O–H groups in total. The Hall–Kier alpha value is -2.04. The van der Waals surface area contributed by atoms with Gasteiger partial charge < -0.3 is 14.8 Å². The Morgan fingerprint density at radius 3 is 2.55 bits per heavy atom. The number of hydrogen-bond acceptors (Lipinski definition) is 4. The predicted molar refractivity (Wildman–Crippen MR) is 82.5 cm³/mol. The van der Waals surface area contributed by atoms with Gasteiger partial charge in [0, 0.05) is 5.92 Å². The molecule has 0 bridgehead atoms. The van der Waals surface area contributed by atoms with E-state index in [-0.39, 0.29) is 30.3 Å². The third-order valence-electron chi connectivity index (χ3n) is 4.20. The lowest BCUT2D eigenvalue weighted by Crippen LogP contribution is -2.61. The number of hydrogen-bond donors (Lipinski definition) is 1. The Labute approximate surface area is 131 Å². The molecule has 1 aliphatic heterocycles. The monoisotopic (exact) mass is 305 g/mol. The van der Waals surface area contributed by atoms with E-state index < -0.39 is 11.6 Å². The number of cyclic esters (lactones) is 1. The summed E-state index contributed by atoms with van der Waals surface area (Å²) in [6.07, 6.45) is -0.690. The van der Waals surface area contributed by atoms with E-state index in [1.807, 2.05) is 51.1 Å². The van der Waals surface area contributed by atoms with Crippen LogP contribution in [0.25, 0.3) is 0 Å². The van der Waals surface area contributed by atoms with Crippen molar-refractivity contribution in [3.05, 3.63) is 35.9 Å². The van der Waals surface area contributed by atoms with Crippen molar-refractivity contribution in [3.8, 4) is 0 Å². The van der Waals surface area contributed by atoms with Crippen molar-refractivity contribution in [1.82, 2.24) is 5.32 Å². The van der Waals surface area contributed by atoms with Gasteiger partial charge in [-0.1, -0.05) is 44.2 Å². The van der Waals surface area contributed by atoms with Crippen molar-refractivity contribution in [3.63, 3.8) is 0 Å². The lowest BCUT2D eigenvalue weighted by Gasteiger charge is -2.47. The van der Waals surface area contributed by atoms with Gasteiger partial charge in [-0.15, -0.1) is 0 Å². The van der Waals surface area contributed by atoms with Crippen LogP contribution in [0.5, 0.6) is 0 Å². The van der Waals surface area contributed by atoms with E-state index in [0.29, 0.717) is 0 Å². The molecule has 1 aromatic rings. The molecule has 1 amide bonds. The summed E-state index contributed by atoms with van der Waals surface area (Å²) in [6.45, 7) is 5.90. The van der Waals surface area contributed by atoms with Crippen LogP contribution in [-0.4, -0.2) is 30.8 Å². The van der Waals surface area contributed by atoms with Crippen LogP contribution in [-0.2, 0) is 14.3 Å². The zero-order valence-electron chi connectivity index (χ0n) is 13.5. The van der Waals surface area contributed by atoms with Gasteiger partial charge in [0.2, 0.25) is 0 Å². The molecular formula is C17H23NO4. The van der Waals surface area contributed by atoms with Crippen LogP contribution in [0.1, 0.15) is 38.7 Å². The van der Waals surface area contributed by atoms with Crippen molar-refractivity contribution in [2.75, 3.05) is 7.11 Å². The Morgan fingerprint density at radius 2 is 2.00 bits per heavy atom. The van der Waals surface area contributed by atoms with Crippen LogP contribution in [0.2, 0.25) is 0 Å². The van der Waals surface area contributed by atoms with Gasteiger partial charge in [-0.2, -0.15) is 0 Å². The van der Waals surface area contributed by atoms with Gasteiger partial charge in [0.1, 0.15) is 6.10 Å². The number of ether oxygens (including phenoxy) is 2. The molecule has 0 aliphatic carbocycles. The van der Waals surface area contributed by atoms with Crippen molar-refractivity contribution >= 4 is 12.1 Å². The van der Waals surface area contributed by atoms with Gasteiger partial charge in [-0.05, 0) is 18.4 Å². The third kappa shape index (κ3) is 3.24. The molecule has 5 nitrogen and oxygen atoms in total. The summed E-state index contributed by atoms with van der Waals surface area (Å²) in [5.74, 6) is -0.355. The summed E-state index contributed by atoms with van der Waals surface area (Å²) < 4.78 is 10.3. The lowest BCUT2D eigenvalue weighted by atomic mass is 9.71. The predicted octanol–water partition coefficient (Wildman–Crippen LogP) is 2.86. The smallest absolute Gasteiger partial charge is 0.407 e. The molecule has 0 saturated carbocycles. The van der Waals surface area contributed by atoms with Gasteiger partial charge in [0.05, 0.1) is 19.1 Å². The zero-order chi connectivity index (χ0) is 16.3. The summed E-state index contributed by atoms with van der Waals surface area (Å²) in [6, 6.07) is 9.82. The fourth-order valence-electron chi connectivity index (χ4n) is 3.16. The summed E-state index contributed by atoms with van der Waals surface area (Å²) in [5.41, 5.74) is 0.284. The van der Waals surface area contributed by atoms with Gasteiger partial charge in [0.25, 0.3) is 0 Å². The van der Waals surface area contributed by atoms with Crippen molar-refractivity contribution in [2.45, 2.75) is 44.8 Å². The average Bonchev–Trinajstić information content (AvgIpc) is 2.46. The van der Waals surface area contributed by atoms with Gasteiger partial charge in [-0.3, -0.25) is 4.79 Å². The van der Waals surface area contributed by atoms with Gasteiger partial charge in [-0.25, -0.2) is 4.79 Å². The number of alkyl carbamates (subject to hydrolysis) is 1. The summed E-state index contributed by atoms with van der Waals surface area (Å²) in [5, 5.41) is 2.83. The molecule has 22 heavy (non-hydrogen) atoms. The molecule has 1 aromatic carbocycles. The Kier molecular flexibility index (Phi) is 4.74. The SMILES string of the molecule is COC(=O)C[C@@]1(C)NC(=O)O[C@@H](C(C)C)[C@@H]1c1ccccc1. The molecule has 2 rings (SSSR count). The second kappa shape index (κ2) is 6.38. The molecular weight excluding hydrogens is 282 g/mol. The van der Waals surface area contributed by atoms with Crippen molar-refractivity contribution in [2.24, 2.45) is 5.92 Å². The molecule has 1 heterocycles. The van der Waals surface area contributed by atoms with E-state index in [1.165, 1.54) is 7.11 Å². The van der Waals surface area contributed by atoms with E-state index in [2.05, 4.69) is 5.32 Å². The minimum atomic E-state index is -0.751. The lowest BCUT2D eigenvalue weighted by molar-refractivity contribution is -0.143. The van der Waals surface area contributed by atoms with Crippen molar-refractivity contribution < 1.29 is 19.1 Å². The maximum absolute atomic E-state index is 12.0. The van der Waals surface area contributed by atoms with Crippen LogP contribution in [0, 0.1) is 5.92 Å². The van der Waals surface area contributed by atoms with E-state index in [0.717, 1.165) is 5.56 Å². The molecule has 1 saturated heterocycles. The number of amides is 1. The highest BCUT2D eigenvalue weighted by molar-refractivity contribution is 5.75. The van der Waals surface area contributed by atoms with E-state index >= 15 is 0 Å². The standard InChI is InChI=1S/C17H23NO4/c1-11(2)15-14(12-8-6-5-7-9-12)17(3,10-13(19)21-4)18-16(20)22-15/h5-9,11,14-15H,10H2,1-4H3,(H,18,20)/t14-,15-,17+/m0/s1. The summed E-state index contributed by atoms with van der Waals surface area (Å²) in [4.78, 5) is 23.8. The quantitative estimate of drug-likeness (QED) is 0.869. The number of rotatable bonds is 4. The average molecular weight is 305 g/mol. The maximum Gasteiger partial charge on any atom is 0.407 e. The largest absolute Gasteiger partial charge is 0.469 e. The molecule has 120 valence electrons. The second-order valence-electron chi connectivity index (χ2n) is 6.30. The van der Waals surface area contributed by atoms with Gasteiger partial charge >= 0.3 is 12.1 Å². The summed E-state index contributed by atoms with van der Waals surface area (Å²) >= 11 is 0. The molecule has 5 heteroatoms. The number of esters is 1. The number of methoxy groups -OCH3 is 1.